The van der Waals surface area contributed by atoms with Crippen LogP contribution in [0, 0.1) is 12.8 Å². The first-order valence-corrected chi connectivity index (χ1v) is 8.73. The smallest absolute Gasteiger partial charge is 0.161 e. The van der Waals surface area contributed by atoms with Gasteiger partial charge in [0.15, 0.2) is 5.17 Å². The molecule has 0 bridgehead atoms. The topological polar surface area (TPSA) is 33.6 Å². The number of hydrogen-bond donors (Lipinski definition) is 1. The van der Waals surface area contributed by atoms with Crippen molar-refractivity contribution in [3.63, 3.8) is 0 Å². The van der Waals surface area contributed by atoms with E-state index in [2.05, 4.69) is 31.3 Å². The van der Waals surface area contributed by atoms with E-state index in [-0.39, 0.29) is 5.54 Å². The first-order valence-electron chi connectivity index (χ1n) is 7.74. The summed E-state index contributed by atoms with van der Waals surface area (Å²) in [6.45, 7) is 4.46. The summed E-state index contributed by atoms with van der Waals surface area (Å²) in [6.07, 6.45) is 5.17. The lowest BCUT2D eigenvalue weighted by Crippen LogP contribution is -2.33. The normalized spacial score (nSPS) is 28.5. The molecule has 1 spiro atoms. The molecule has 114 valence electrons. The van der Waals surface area contributed by atoms with Crippen LogP contribution in [0.15, 0.2) is 23.2 Å². The van der Waals surface area contributed by atoms with Crippen molar-refractivity contribution in [1.82, 2.24) is 0 Å². The summed E-state index contributed by atoms with van der Waals surface area (Å²) in [7, 11) is 1.70. The van der Waals surface area contributed by atoms with Gasteiger partial charge in [-0.2, -0.15) is 0 Å². The molecule has 3 rings (SSSR count). The predicted molar refractivity (Wildman–Crippen MR) is 91.6 cm³/mol. The zero-order valence-corrected chi connectivity index (χ0v) is 13.9. The Morgan fingerprint density at radius 2 is 2.29 bits per heavy atom. The number of nitrogens with one attached hydrogen (secondary N) is 1. The highest BCUT2D eigenvalue weighted by atomic mass is 32.2. The SMILES string of the molecule is COc1ccc(NC2=NC3(CCCC(C)C3)CS2)c(C)c1. The number of rotatable bonds is 2. The second-order valence-corrected chi connectivity index (χ2v) is 7.40. The number of methoxy groups -OCH3 is 1. The van der Waals surface area contributed by atoms with Crippen LogP contribution in [0.3, 0.4) is 0 Å². The molecule has 4 heteroatoms. The summed E-state index contributed by atoms with van der Waals surface area (Å²) < 4.78 is 5.26. The zero-order chi connectivity index (χ0) is 14.9. The number of ether oxygens (including phenoxy) is 1. The van der Waals surface area contributed by atoms with Gasteiger partial charge in [-0.25, -0.2) is 0 Å². The van der Waals surface area contributed by atoms with Gasteiger partial charge in [0, 0.05) is 11.4 Å². The van der Waals surface area contributed by atoms with Crippen molar-refractivity contribution in [3.05, 3.63) is 23.8 Å². The number of hydrogen-bond acceptors (Lipinski definition) is 4. The van der Waals surface area contributed by atoms with Crippen molar-refractivity contribution >= 4 is 22.6 Å². The van der Waals surface area contributed by atoms with E-state index in [1.807, 2.05) is 17.8 Å². The quantitative estimate of drug-likeness (QED) is 0.875. The van der Waals surface area contributed by atoms with Crippen molar-refractivity contribution in [3.8, 4) is 5.75 Å². The number of nitrogens with zero attached hydrogens (tertiary/aromatic N) is 1. The van der Waals surface area contributed by atoms with E-state index in [1.54, 1.807) is 7.11 Å². The first kappa shape index (κ1) is 14.8. The zero-order valence-electron chi connectivity index (χ0n) is 13.1. The minimum absolute atomic E-state index is 0.199. The molecule has 1 heterocycles. The maximum Gasteiger partial charge on any atom is 0.161 e. The van der Waals surface area contributed by atoms with Gasteiger partial charge in [0.1, 0.15) is 5.75 Å². The third-order valence-corrected chi connectivity index (χ3v) is 5.71. The van der Waals surface area contributed by atoms with Crippen molar-refractivity contribution in [1.29, 1.82) is 0 Å². The van der Waals surface area contributed by atoms with E-state index in [0.717, 1.165) is 28.3 Å². The highest BCUT2D eigenvalue weighted by Crippen LogP contribution is 2.42. The van der Waals surface area contributed by atoms with Gasteiger partial charge >= 0.3 is 0 Å². The largest absolute Gasteiger partial charge is 0.497 e. The molecular weight excluding hydrogens is 280 g/mol. The molecule has 21 heavy (non-hydrogen) atoms. The van der Waals surface area contributed by atoms with E-state index in [0.29, 0.717) is 0 Å². The third kappa shape index (κ3) is 3.20. The monoisotopic (exact) mass is 304 g/mol. The Morgan fingerprint density at radius 1 is 1.43 bits per heavy atom. The molecule has 1 aromatic rings. The fourth-order valence-corrected chi connectivity index (χ4v) is 4.60. The number of aliphatic imine (C=N–C) groups is 1. The molecule has 1 aliphatic heterocycles. The summed E-state index contributed by atoms with van der Waals surface area (Å²) in [5, 5.41) is 4.59. The molecule has 0 amide bonds. The van der Waals surface area contributed by atoms with E-state index in [4.69, 9.17) is 9.73 Å². The Bertz CT molecular complexity index is 558. The van der Waals surface area contributed by atoms with Gasteiger partial charge in [-0.3, -0.25) is 4.99 Å². The molecule has 2 aliphatic rings. The lowest BCUT2D eigenvalue weighted by molar-refractivity contribution is 0.266. The van der Waals surface area contributed by atoms with Crippen LogP contribution < -0.4 is 10.1 Å². The van der Waals surface area contributed by atoms with Crippen LogP contribution in [0.1, 0.15) is 38.2 Å². The molecule has 0 saturated heterocycles. The second-order valence-electron chi connectivity index (χ2n) is 6.44. The highest BCUT2D eigenvalue weighted by molar-refractivity contribution is 8.14. The molecule has 2 atom stereocenters. The summed E-state index contributed by atoms with van der Waals surface area (Å²) >= 11 is 1.87. The Morgan fingerprint density at radius 3 is 3.00 bits per heavy atom. The Labute approximate surface area is 131 Å². The number of aryl methyl sites for hydroxylation is 1. The average molecular weight is 304 g/mol. The van der Waals surface area contributed by atoms with Gasteiger partial charge in [0.25, 0.3) is 0 Å². The van der Waals surface area contributed by atoms with Crippen LogP contribution in [-0.4, -0.2) is 23.6 Å². The minimum Gasteiger partial charge on any atom is -0.497 e. The molecule has 1 N–H and O–H groups in total. The fraction of sp³-hybridized carbons (Fsp3) is 0.588. The summed E-state index contributed by atoms with van der Waals surface area (Å²) in [5.74, 6) is 2.84. The molecule has 0 aromatic heterocycles. The van der Waals surface area contributed by atoms with E-state index < -0.39 is 0 Å². The van der Waals surface area contributed by atoms with Crippen LogP contribution in [0.4, 0.5) is 5.69 Å². The summed E-state index contributed by atoms with van der Waals surface area (Å²) in [6, 6.07) is 6.13. The van der Waals surface area contributed by atoms with E-state index >= 15 is 0 Å². The van der Waals surface area contributed by atoms with Crippen LogP contribution in [0.5, 0.6) is 5.75 Å². The van der Waals surface area contributed by atoms with Gasteiger partial charge in [0.05, 0.1) is 12.6 Å². The Hall–Kier alpha value is -1.16. The van der Waals surface area contributed by atoms with Crippen LogP contribution in [0.25, 0.3) is 0 Å². The maximum atomic E-state index is 5.26. The predicted octanol–water partition coefficient (Wildman–Crippen LogP) is 4.47. The van der Waals surface area contributed by atoms with Crippen LogP contribution in [-0.2, 0) is 0 Å². The minimum atomic E-state index is 0.199. The van der Waals surface area contributed by atoms with Gasteiger partial charge in [-0.15, -0.1) is 0 Å². The van der Waals surface area contributed by atoms with Crippen LogP contribution in [0.2, 0.25) is 0 Å². The molecule has 2 unspecified atom stereocenters. The van der Waals surface area contributed by atoms with Crippen molar-refractivity contribution in [2.24, 2.45) is 10.9 Å². The molecule has 0 radical (unpaired) electrons. The molecular formula is C17H24N2OS. The van der Waals surface area contributed by atoms with Gasteiger partial charge in [-0.1, -0.05) is 31.5 Å². The molecule has 1 fully saturated rings. The van der Waals surface area contributed by atoms with Crippen molar-refractivity contribution in [2.45, 2.75) is 45.1 Å². The first-order chi connectivity index (χ1) is 10.1. The van der Waals surface area contributed by atoms with Gasteiger partial charge < -0.3 is 10.1 Å². The lowest BCUT2D eigenvalue weighted by Gasteiger charge is -2.33. The van der Waals surface area contributed by atoms with E-state index in [9.17, 15) is 0 Å². The Balaban J connectivity index is 1.74. The highest BCUT2D eigenvalue weighted by Gasteiger charge is 2.39. The van der Waals surface area contributed by atoms with Gasteiger partial charge in [0.2, 0.25) is 0 Å². The molecule has 1 aliphatic carbocycles. The third-order valence-electron chi connectivity index (χ3n) is 4.56. The molecule has 1 saturated carbocycles. The summed E-state index contributed by atoms with van der Waals surface area (Å²) in [5.41, 5.74) is 2.52. The van der Waals surface area contributed by atoms with Crippen molar-refractivity contribution < 1.29 is 4.74 Å². The lowest BCUT2D eigenvalue weighted by atomic mass is 9.78. The maximum absolute atomic E-state index is 5.26. The second kappa shape index (κ2) is 5.91. The fourth-order valence-electron chi connectivity index (χ4n) is 3.43. The average Bonchev–Trinajstić information content (AvgIpc) is 2.83. The van der Waals surface area contributed by atoms with E-state index in [1.165, 1.54) is 31.2 Å². The molecule has 1 aromatic carbocycles. The Kier molecular flexibility index (Phi) is 4.16. The standard InChI is InChI=1S/C17H24N2OS/c1-12-5-4-8-17(10-12)11-21-16(19-17)18-15-7-6-14(20-3)9-13(15)2/h6-7,9,12H,4-5,8,10-11H2,1-3H3,(H,18,19). The van der Waals surface area contributed by atoms with Gasteiger partial charge in [-0.05, 0) is 49.4 Å². The van der Waals surface area contributed by atoms with Crippen LogP contribution >= 0.6 is 11.8 Å². The number of benzene rings is 1. The summed E-state index contributed by atoms with van der Waals surface area (Å²) in [4.78, 5) is 5.05. The van der Waals surface area contributed by atoms with Crippen molar-refractivity contribution in [2.75, 3.05) is 18.2 Å². The molecule has 3 nitrogen and oxygen atoms in total. The number of amidine groups is 1. The number of anilines is 1. The number of thioether (sulfide) groups is 1.